The Bertz CT molecular complexity index is 856. The lowest BCUT2D eigenvalue weighted by Gasteiger charge is -2.57. The van der Waals surface area contributed by atoms with Gasteiger partial charge in [0.15, 0.2) is 0 Å². The predicted molar refractivity (Wildman–Crippen MR) is 114 cm³/mol. The van der Waals surface area contributed by atoms with Gasteiger partial charge in [-0.05, 0) is 48.2 Å². The van der Waals surface area contributed by atoms with Crippen LogP contribution in [0.2, 0.25) is 0 Å². The van der Waals surface area contributed by atoms with Gasteiger partial charge in [0.05, 0.1) is 6.61 Å². The van der Waals surface area contributed by atoms with E-state index in [4.69, 9.17) is 4.74 Å². The average molecular weight is 413 g/mol. The molecule has 0 aromatic heterocycles. The highest BCUT2D eigenvalue weighted by molar-refractivity contribution is 5.77. The third kappa shape index (κ3) is 4.13. The SMILES string of the molecule is COCC(=O)N1CCCCN2[C@H](CO)[C@H](c3ccc(-c4ccc(F)cc4)cc3)[C@H]2C1. The maximum atomic E-state index is 13.2. The summed E-state index contributed by atoms with van der Waals surface area (Å²) in [6.07, 6.45) is 1.98. The summed E-state index contributed by atoms with van der Waals surface area (Å²) in [6, 6.07) is 15.1. The Kier molecular flexibility index (Phi) is 6.46. The summed E-state index contributed by atoms with van der Waals surface area (Å²) in [5.41, 5.74) is 3.17. The second-order valence-corrected chi connectivity index (χ2v) is 8.19. The zero-order chi connectivity index (χ0) is 21.1. The Morgan fingerprint density at radius 3 is 2.33 bits per heavy atom. The smallest absolute Gasteiger partial charge is 0.248 e. The number of hydrogen-bond donors (Lipinski definition) is 1. The van der Waals surface area contributed by atoms with Crippen LogP contribution >= 0.6 is 0 Å². The minimum absolute atomic E-state index is 0.0252. The van der Waals surface area contributed by atoms with Crippen LogP contribution in [0.15, 0.2) is 48.5 Å². The van der Waals surface area contributed by atoms with E-state index in [0.29, 0.717) is 6.54 Å². The third-order valence-electron chi connectivity index (χ3n) is 6.46. The van der Waals surface area contributed by atoms with Gasteiger partial charge in [0.1, 0.15) is 12.4 Å². The molecule has 2 aliphatic heterocycles. The number of methoxy groups -OCH3 is 1. The standard InChI is InChI=1S/C24H29FN2O3/c1-30-16-23(29)26-12-2-3-13-27-21(14-26)24(22(27)15-28)19-6-4-17(5-7-19)18-8-10-20(25)11-9-18/h4-11,21-22,24,28H,2-3,12-16H2,1H3/t21-,22-,24-/m1/s1. The lowest BCUT2D eigenvalue weighted by atomic mass is 9.74. The van der Waals surface area contributed by atoms with Crippen LogP contribution in [0.3, 0.4) is 0 Å². The van der Waals surface area contributed by atoms with E-state index in [0.717, 1.165) is 37.1 Å². The lowest BCUT2D eigenvalue weighted by molar-refractivity contribution is -0.140. The number of halogens is 1. The summed E-state index contributed by atoms with van der Waals surface area (Å²) >= 11 is 0. The molecule has 4 rings (SSSR count). The molecule has 6 heteroatoms. The molecule has 0 radical (unpaired) electrons. The highest BCUT2D eigenvalue weighted by Crippen LogP contribution is 2.42. The summed E-state index contributed by atoms with van der Waals surface area (Å²) in [5.74, 6) is -0.0435. The van der Waals surface area contributed by atoms with E-state index in [1.54, 1.807) is 19.2 Å². The lowest BCUT2D eigenvalue weighted by Crippen LogP contribution is -2.68. The molecule has 0 unspecified atom stereocenters. The second kappa shape index (κ2) is 9.25. The molecular formula is C24H29FN2O3. The Labute approximate surface area is 177 Å². The van der Waals surface area contributed by atoms with Gasteiger partial charge in [-0.25, -0.2) is 4.39 Å². The molecule has 0 aliphatic carbocycles. The van der Waals surface area contributed by atoms with Gasteiger partial charge in [0.25, 0.3) is 0 Å². The number of benzene rings is 2. The summed E-state index contributed by atoms with van der Waals surface area (Å²) in [6.45, 7) is 2.57. The number of aliphatic hydroxyl groups excluding tert-OH is 1. The topological polar surface area (TPSA) is 53.0 Å². The first-order valence-corrected chi connectivity index (χ1v) is 10.6. The number of carbonyl (C=O) groups is 1. The van der Waals surface area contributed by atoms with Crippen molar-refractivity contribution in [1.29, 1.82) is 0 Å². The van der Waals surface area contributed by atoms with Gasteiger partial charge >= 0.3 is 0 Å². The quantitative estimate of drug-likeness (QED) is 0.821. The number of aliphatic hydroxyl groups is 1. The van der Waals surface area contributed by atoms with E-state index < -0.39 is 0 Å². The minimum Gasteiger partial charge on any atom is -0.395 e. The molecule has 2 heterocycles. The minimum atomic E-state index is -0.243. The van der Waals surface area contributed by atoms with Crippen LogP contribution < -0.4 is 0 Å². The maximum Gasteiger partial charge on any atom is 0.248 e. The van der Waals surface area contributed by atoms with Gasteiger partial charge in [0, 0.05) is 38.2 Å². The molecule has 2 saturated heterocycles. The molecule has 1 N–H and O–H groups in total. The molecule has 3 atom stereocenters. The number of carbonyl (C=O) groups excluding carboxylic acids is 1. The molecule has 2 fully saturated rings. The van der Waals surface area contributed by atoms with E-state index in [9.17, 15) is 14.3 Å². The van der Waals surface area contributed by atoms with Crippen molar-refractivity contribution in [3.8, 4) is 11.1 Å². The number of nitrogens with zero attached hydrogens (tertiary/aromatic N) is 2. The Morgan fingerprint density at radius 2 is 1.70 bits per heavy atom. The van der Waals surface area contributed by atoms with Crippen molar-refractivity contribution >= 4 is 5.91 Å². The van der Waals surface area contributed by atoms with Crippen molar-refractivity contribution in [2.75, 3.05) is 40.0 Å². The van der Waals surface area contributed by atoms with Gasteiger partial charge in [0.2, 0.25) is 5.91 Å². The van der Waals surface area contributed by atoms with Crippen molar-refractivity contribution in [3.63, 3.8) is 0 Å². The first kappa shape index (κ1) is 21.0. The first-order chi connectivity index (χ1) is 14.6. The van der Waals surface area contributed by atoms with Gasteiger partial charge < -0.3 is 14.7 Å². The number of amides is 1. The van der Waals surface area contributed by atoms with Crippen molar-refractivity contribution in [2.45, 2.75) is 30.8 Å². The fraction of sp³-hybridized carbons (Fsp3) is 0.458. The van der Waals surface area contributed by atoms with Crippen LogP contribution in [0.1, 0.15) is 24.3 Å². The highest BCUT2D eigenvalue weighted by Gasteiger charge is 2.49. The number of fused-ring (bicyclic) bond motifs is 1. The van der Waals surface area contributed by atoms with Crippen LogP contribution in [-0.2, 0) is 9.53 Å². The molecule has 0 bridgehead atoms. The maximum absolute atomic E-state index is 13.2. The number of hydrogen-bond acceptors (Lipinski definition) is 4. The van der Waals surface area contributed by atoms with Gasteiger partial charge in [-0.1, -0.05) is 36.4 Å². The van der Waals surface area contributed by atoms with Crippen LogP contribution in [0.25, 0.3) is 11.1 Å². The van der Waals surface area contributed by atoms with Crippen molar-refractivity contribution in [1.82, 2.24) is 9.80 Å². The van der Waals surface area contributed by atoms with Crippen molar-refractivity contribution in [2.24, 2.45) is 0 Å². The van der Waals surface area contributed by atoms with E-state index in [2.05, 4.69) is 29.2 Å². The zero-order valence-electron chi connectivity index (χ0n) is 17.3. The fourth-order valence-electron chi connectivity index (χ4n) is 4.92. The van der Waals surface area contributed by atoms with Gasteiger partial charge in [-0.2, -0.15) is 0 Å². The summed E-state index contributed by atoms with van der Waals surface area (Å²) in [5, 5.41) is 10.1. The second-order valence-electron chi connectivity index (χ2n) is 8.19. The van der Waals surface area contributed by atoms with Gasteiger partial charge in [-0.15, -0.1) is 0 Å². The van der Waals surface area contributed by atoms with Gasteiger partial charge in [-0.3, -0.25) is 9.69 Å². The van der Waals surface area contributed by atoms with Crippen LogP contribution in [0.5, 0.6) is 0 Å². The molecule has 30 heavy (non-hydrogen) atoms. The Hall–Kier alpha value is -2.28. The highest BCUT2D eigenvalue weighted by atomic mass is 19.1. The van der Waals surface area contributed by atoms with Crippen molar-refractivity contribution < 1.29 is 19.0 Å². The van der Waals surface area contributed by atoms with Crippen LogP contribution in [0, 0.1) is 5.82 Å². The molecule has 5 nitrogen and oxygen atoms in total. The average Bonchev–Trinajstić information content (AvgIpc) is 2.74. The van der Waals surface area contributed by atoms with Crippen LogP contribution in [-0.4, -0.2) is 72.9 Å². The van der Waals surface area contributed by atoms with E-state index >= 15 is 0 Å². The summed E-state index contributed by atoms with van der Waals surface area (Å²) in [7, 11) is 1.55. The molecule has 0 saturated carbocycles. The normalized spacial score (nSPS) is 24.5. The van der Waals surface area contributed by atoms with Crippen molar-refractivity contribution in [3.05, 3.63) is 59.9 Å². The fourth-order valence-corrected chi connectivity index (χ4v) is 4.92. The van der Waals surface area contributed by atoms with E-state index in [-0.39, 0.29) is 42.9 Å². The monoisotopic (exact) mass is 412 g/mol. The zero-order valence-corrected chi connectivity index (χ0v) is 17.3. The molecule has 0 spiro atoms. The first-order valence-electron chi connectivity index (χ1n) is 10.6. The van der Waals surface area contributed by atoms with Crippen LogP contribution in [0.4, 0.5) is 4.39 Å². The summed E-state index contributed by atoms with van der Waals surface area (Å²) < 4.78 is 18.3. The Balaban J connectivity index is 1.55. The molecule has 2 aromatic carbocycles. The number of ether oxygens (including phenoxy) is 1. The molecule has 1 amide bonds. The summed E-state index contributed by atoms with van der Waals surface area (Å²) in [4.78, 5) is 16.7. The molecule has 2 aromatic rings. The van der Waals surface area contributed by atoms with E-state index in [1.807, 2.05) is 4.90 Å². The van der Waals surface area contributed by atoms with E-state index in [1.165, 1.54) is 17.7 Å². The predicted octanol–water partition coefficient (Wildman–Crippen LogP) is 2.89. The Morgan fingerprint density at radius 1 is 1.07 bits per heavy atom. The third-order valence-corrected chi connectivity index (χ3v) is 6.46. The molecule has 160 valence electrons. The molecular weight excluding hydrogens is 383 g/mol. The molecule has 2 aliphatic rings. The number of rotatable bonds is 5. The largest absolute Gasteiger partial charge is 0.395 e.